The smallest absolute Gasteiger partial charge is 0.276 e. The molecule has 5 nitrogen and oxygen atoms in total. The second-order valence-corrected chi connectivity index (χ2v) is 4.46. The number of nitrogens with one attached hydrogen (secondary N) is 1. The van der Waals surface area contributed by atoms with Crippen LogP contribution in [0.5, 0.6) is 5.75 Å². The first-order valence-electron chi connectivity index (χ1n) is 6.15. The molecule has 0 aliphatic rings. The van der Waals surface area contributed by atoms with E-state index in [1.807, 2.05) is 19.1 Å². The van der Waals surface area contributed by atoms with Crippen LogP contribution < -0.4 is 10.3 Å². The molecule has 0 saturated heterocycles. The molecule has 1 N–H and O–H groups in total. The predicted octanol–water partition coefficient (Wildman–Crippen LogP) is 2.60. The van der Waals surface area contributed by atoms with E-state index < -0.39 is 10.8 Å². The lowest BCUT2D eigenvalue weighted by atomic mass is 10.1. The highest BCUT2D eigenvalue weighted by Crippen LogP contribution is 2.28. The summed E-state index contributed by atoms with van der Waals surface area (Å²) in [4.78, 5) is 22.6. The molecule has 0 amide bonds. The van der Waals surface area contributed by atoms with E-state index in [0.29, 0.717) is 23.6 Å². The zero-order valence-electron chi connectivity index (χ0n) is 10.9. The molecule has 20 heavy (non-hydrogen) atoms. The maximum absolute atomic E-state index is 11.4. The van der Waals surface area contributed by atoms with Gasteiger partial charge in [0.25, 0.3) is 10.8 Å². The third-order valence-corrected chi connectivity index (χ3v) is 2.84. The SMILES string of the molecule is CCCOc1ccccc1-c1cc(C(=O)Cl)c(=O)[nH]n1. The number of halogens is 1. The van der Waals surface area contributed by atoms with Crippen LogP contribution in [0.2, 0.25) is 0 Å². The molecule has 2 aromatic rings. The molecule has 6 heteroatoms. The molecule has 0 fully saturated rings. The van der Waals surface area contributed by atoms with Crippen LogP contribution in [-0.4, -0.2) is 22.0 Å². The Hall–Kier alpha value is -2.14. The number of aromatic amines is 1. The highest BCUT2D eigenvalue weighted by atomic mass is 35.5. The van der Waals surface area contributed by atoms with Crippen molar-refractivity contribution >= 4 is 16.8 Å². The van der Waals surface area contributed by atoms with Crippen molar-refractivity contribution in [3.05, 3.63) is 46.2 Å². The van der Waals surface area contributed by atoms with E-state index in [2.05, 4.69) is 10.2 Å². The van der Waals surface area contributed by atoms with Crippen LogP contribution >= 0.6 is 11.6 Å². The van der Waals surface area contributed by atoms with E-state index in [1.165, 1.54) is 6.07 Å². The van der Waals surface area contributed by atoms with E-state index in [0.717, 1.165) is 6.42 Å². The minimum absolute atomic E-state index is 0.137. The largest absolute Gasteiger partial charge is 0.493 e. The molecule has 1 aromatic carbocycles. The third-order valence-electron chi connectivity index (χ3n) is 2.64. The minimum atomic E-state index is -0.818. The molecule has 0 atom stereocenters. The minimum Gasteiger partial charge on any atom is -0.493 e. The van der Waals surface area contributed by atoms with Gasteiger partial charge in [0.15, 0.2) is 0 Å². The Labute approximate surface area is 120 Å². The summed E-state index contributed by atoms with van der Waals surface area (Å²) in [7, 11) is 0. The molecule has 0 unspecified atom stereocenters. The average Bonchev–Trinajstić information content (AvgIpc) is 2.46. The second kappa shape index (κ2) is 6.34. The Balaban J connectivity index is 2.49. The van der Waals surface area contributed by atoms with Gasteiger partial charge in [-0.3, -0.25) is 9.59 Å². The zero-order valence-corrected chi connectivity index (χ0v) is 11.6. The van der Waals surface area contributed by atoms with Gasteiger partial charge in [-0.05, 0) is 36.2 Å². The van der Waals surface area contributed by atoms with Crippen LogP contribution in [-0.2, 0) is 0 Å². The Kier molecular flexibility index (Phi) is 4.53. The summed E-state index contributed by atoms with van der Waals surface area (Å²) in [6.07, 6.45) is 0.874. The molecular formula is C14H13ClN2O3. The van der Waals surface area contributed by atoms with Crippen LogP contribution in [0, 0.1) is 0 Å². The van der Waals surface area contributed by atoms with Crippen molar-refractivity contribution in [1.82, 2.24) is 10.2 Å². The highest BCUT2D eigenvalue weighted by molar-refractivity contribution is 6.67. The van der Waals surface area contributed by atoms with Crippen LogP contribution in [0.25, 0.3) is 11.3 Å². The van der Waals surface area contributed by atoms with Crippen LogP contribution in [0.4, 0.5) is 0 Å². The van der Waals surface area contributed by atoms with Gasteiger partial charge >= 0.3 is 0 Å². The maximum Gasteiger partial charge on any atom is 0.276 e. The van der Waals surface area contributed by atoms with Crippen LogP contribution in [0.3, 0.4) is 0 Å². The summed E-state index contributed by atoms with van der Waals surface area (Å²) in [5, 5.41) is 5.38. The summed E-state index contributed by atoms with van der Waals surface area (Å²) in [5.41, 5.74) is 0.374. The summed E-state index contributed by atoms with van der Waals surface area (Å²) >= 11 is 5.37. The predicted molar refractivity (Wildman–Crippen MR) is 76.3 cm³/mol. The van der Waals surface area contributed by atoms with E-state index >= 15 is 0 Å². The number of para-hydroxylation sites is 1. The molecule has 1 heterocycles. The van der Waals surface area contributed by atoms with E-state index in [1.54, 1.807) is 12.1 Å². The third kappa shape index (κ3) is 3.05. The first-order chi connectivity index (χ1) is 9.63. The number of hydrogen-bond acceptors (Lipinski definition) is 4. The second-order valence-electron chi connectivity index (χ2n) is 4.11. The molecule has 0 bridgehead atoms. The number of carbonyl (C=O) groups excluding carboxylic acids is 1. The van der Waals surface area contributed by atoms with Gasteiger partial charge in [0.05, 0.1) is 12.3 Å². The lowest BCUT2D eigenvalue weighted by Gasteiger charge is -2.10. The molecule has 0 spiro atoms. The molecular weight excluding hydrogens is 280 g/mol. The fourth-order valence-corrected chi connectivity index (χ4v) is 1.85. The normalized spacial score (nSPS) is 10.3. The molecule has 1 aromatic heterocycles. The summed E-state index contributed by atoms with van der Waals surface area (Å²) in [5.74, 6) is 0.641. The topological polar surface area (TPSA) is 72.1 Å². The summed E-state index contributed by atoms with van der Waals surface area (Å²) in [6, 6.07) is 8.63. The van der Waals surface area contributed by atoms with Gasteiger partial charge in [-0.2, -0.15) is 5.10 Å². The standard InChI is InChI=1S/C14H13ClN2O3/c1-2-7-20-12-6-4-3-5-9(12)11-8-10(13(15)18)14(19)17-16-11/h3-6,8H,2,7H2,1H3,(H,17,19). The molecule has 0 aliphatic heterocycles. The molecule has 2 rings (SSSR count). The van der Waals surface area contributed by atoms with Gasteiger partial charge in [0.1, 0.15) is 11.3 Å². The van der Waals surface area contributed by atoms with Gasteiger partial charge in [0, 0.05) is 5.56 Å². The molecule has 0 radical (unpaired) electrons. The van der Waals surface area contributed by atoms with Crippen molar-refractivity contribution in [2.75, 3.05) is 6.61 Å². The van der Waals surface area contributed by atoms with Crippen LogP contribution in [0.1, 0.15) is 23.7 Å². The average molecular weight is 293 g/mol. The van der Waals surface area contributed by atoms with Crippen molar-refractivity contribution < 1.29 is 9.53 Å². The van der Waals surface area contributed by atoms with Gasteiger partial charge in [-0.1, -0.05) is 19.1 Å². The Bertz CT molecular complexity index is 682. The molecule has 0 aliphatic carbocycles. The van der Waals surface area contributed by atoms with Crippen molar-refractivity contribution in [2.45, 2.75) is 13.3 Å². The van der Waals surface area contributed by atoms with Gasteiger partial charge in [-0.25, -0.2) is 5.10 Å². The fourth-order valence-electron chi connectivity index (χ4n) is 1.71. The van der Waals surface area contributed by atoms with Crippen LogP contribution in [0.15, 0.2) is 35.1 Å². The number of aromatic nitrogens is 2. The lowest BCUT2D eigenvalue weighted by Crippen LogP contribution is -2.16. The summed E-state index contributed by atoms with van der Waals surface area (Å²) in [6.45, 7) is 2.58. The van der Waals surface area contributed by atoms with Crippen molar-refractivity contribution in [3.63, 3.8) is 0 Å². The summed E-state index contributed by atoms with van der Waals surface area (Å²) < 4.78 is 5.62. The number of ether oxygens (including phenoxy) is 1. The highest BCUT2D eigenvalue weighted by Gasteiger charge is 2.13. The quantitative estimate of drug-likeness (QED) is 0.860. The number of hydrogen-bond donors (Lipinski definition) is 1. The van der Waals surface area contributed by atoms with Gasteiger partial charge in [0.2, 0.25) is 0 Å². The number of carbonyl (C=O) groups is 1. The van der Waals surface area contributed by atoms with Crippen molar-refractivity contribution in [1.29, 1.82) is 0 Å². The van der Waals surface area contributed by atoms with E-state index in [4.69, 9.17) is 16.3 Å². The zero-order chi connectivity index (χ0) is 14.5. The Morgan fingerprint density at radius 3 is 2.85 bits per heavy atom. The Morgan fingerprint density at radius 1 is 1.40 bits per heavy atom. The first kappa shape index (κ1) is 14.3. The van der Waals surface area contributed by atoms with Crippen molar-refractivity contribution in [3.8, 4) is 17.0 Å². The number of nitrogens with zero attached hydrogens (tertiary/aromatic N) is 1. The number of H-pyrrole nitrogens is 1. The Morgan fingerprint density at radius 2 is 2.15 bits per heavy atom. The first-order valence-corrected chi connectivity index (χ1v) is 6.53. The van der Waals surface area contributed by atoms with Crippen molar-refractivity contribution in [2.24, 2.45) is 0 Å². The fraction of sp³-hybridized carbons (Fsp3) is 0.214. The monoisotopic (exact) mass is 292 g/mol. The maximum atomic E-state index is 11.4. The van der Waals surface area contributed by atoms with Gasteiger partial charge in [-0.15, -0.1) is 0 Å². The van der Waals surface area contributed by atoms with E-state index in [-0.39, 0.29) is 5.56 Å². The number of benzene rings is 1. The van der Waals surface area contributed by atoms with Gasteiger partial charge < -0.3 is 4.74 Å². The van der Waals surface area contributed by atoms with E-state index in [9.17, 15) is 9.59 Å². The molecule has 104 valence electrons. The molecule has 0 saturated carbocycles. The number of rotatable bonds is 5. The lowest BCUT2D eigenvalue weighted by molar-refractivity contribution is 0.108.